The third-order valence-electron chi connectivity index (χ3n) is 6.09. The second-order valence-electron chi connectivity index (χ2n) is 8.11. The van der Waals surface area contributed by atoms with Gasteiger partial charge in [-0.3, -0.25) is 19.7 Å². The summed E-state index contributed by atoms with van der Waals surface area (Å²) in [6.45, 7) is 1.44. The molecule has 0 bridgehead atoms. The van der Waals surface area contributed by atoms with Gasteiger partial charge in [-0.2, -0.15) is 0 Å². The molecule has 1 saturated heterocycles. The first-order valence-electron chi connectivity index (χ1n) is 11.0. The largest absolute Gasteiger partial charge is 0.504 e. The normalized spacial score (nSPS) is 17.0. The van der Waals surface area contributed by atoms with Gasteiger partial charge in [0.15, 0.2) is 11.6 Å². The first-order chi connectivity index (χ1) is 16.2. The number of pyridine rings is 2. The molecular formula is C25H24N6O2. The molecule has 1 fully saturated rings. The van der Waals surface area contributed by atoms with Gasteiger partial charge < -0.3 is 9.67 Å². The lowest BCUT2D eigenvalue weighted by Crippen LogP contribution is -2.34. The quantitative estimate of drug-likeness (QED) is 0.428. The lowest BCUT2D eigenvalue weighted by molar-refractivity contribution is 0.0993. The van der Waals surface area contributed by atoms with Crippen LogP contribution in [-0.4, -0.2) is 37.0 Å². The van der Waals surface area contributed by atoms with Crippen LogP contribution < -0.4 is 0 Å². The van der Waals surface area contributed by atoms with Gasteiger partial charge in [-0.1, -0.05) is 18.6 Å². The van der Waals surface area contributed by atoms with Crippen molar-refractivity contribution in [3.05, 3.63) is 84.4 Å². The number of benzene rings is 1. The van der Waals surface area contributed by atoms with E-state index in [-0.39, 0.29) is 17.6 Å². The summed E-state index contributed by atoms with van der Waals surface area (Å²) >= 11 is 0. The van der Waals surface area contributed by atoms with E-state index in [4.69, 9.17) is 0 Å². The number of amides is 1. The van der Waals surface area contributed by atoms with Crippen molar-refractivity contribution in [2.24, 2.45) is 10.2 Å². The molecule has 0 unspecified atom stereocenters. The number of hydrogen-bond donors (Lipinski definition) is 1. The van der Waals surface area contributed by atoms with Crippen LogP contribution in [0.15, 0.2) is 83.5 Å². The Hall–Kier alpha value is -3.91. The molecule has 1 aliphatic rings. The highest BCUT2D eigenvalue weighted by atomic mass is 16.3. The molecule has 4 heterocycles. The fraction of sp³-hybridized carbons (Fsp3) is 0.240. The average molecular weight is 441 g/mol. The maximum Gasteiger partial charge on any atom is 0.297 e. The molecule has 1 atom stereocenters. The summed E-state index contributed by atoms with van der Waals surface area (Å²) in [5.41, 5.74) is 2.41. The van der Waals surface area contributed by atoms with Crippen molar-refractivity contribution in [3.8, 4) is 5.75 Å². The van der Waals surface area contributed by atoms with Crippen LogP contribution in [0.25, 0.3) is 10.9 Å². The zero-order chi connectivity index (χ0) is 22.6. The van der Waals surface area contributed by atoms with Crippen molar-refractivity contribution in [1.82, 2.24) is 19.4 Å². The summed E-state index contributed by atoms with van der Waals surface area (Å²) in [6.07, 6.45) is 9.99. The Morgan fingerprint density at radius 2 is 1.88 bits per heavy atom. The molecule has 4 aromatic rings. The van der Waals surface area contributed by atoms with E-state index in [9.17, 15) is 9.90 Å². The van der Waals surface area contributed by atoms with Gasteiger partial charge in [-0.15, -0.1) is 10.2 Å². The van der Waals surface area contributed by atoms with Crippen molar-refractivity contribution in [3.63, 3.8) is 0 Å². The van der Waals surface area contributed by atoms with E-state index in [1.165, 1.54) is 11.8 Å². The van der Waals surface area contributed by atoms with Crippen LogP contribution in [0.1, 0.15) is 41.2 Å². The maximum absolute atomic E-state index is 12.5. The average Bonchev–Trinajstić information content (AvgIpc) is 3.14. The van der Waals surface area contributed by atoms with Crippen LogP contribution in [-0.2, 0) is 6.67 Å². The molecule has 5 rings (SSSR count). The molecule has 8 heteroatoms. The van der Waals surface area contributed by atoms with E-state index in [1.54, 1.807) is 18.3 Å². The minimum absolute atomic E-state index is 0.0193. The lowest BCUT2D eigenvalue weighted by Gasteiger charge is -2.36. The molecular weight excluding hydrogens is 416 g/mol. The van der Waals surface area contributed by atoms with Crippen molar-refractivity contribution in [1.29, 1.82) is 0 Å². The number of nitrogens with zero attached hydrogens (tertiary/aromatic N) is 6. The molecule has 0 spiro atoms. The van der Waals surface area contributed by atoms with Gasteiger partial charge in [-0.25, -0.2) is 0 Å². The lowest BCUT2D eigenvalue weighted by atomic mass is 9.96. The smallest absolute Gasteiger partial charge is 0.297 e. The van der Waals surface area contributed by atoms with Crippen LogP contribution >= 0.6 is 0 Å². The predicted molar refractivity (Wildman–Crippen MR) is 124 cm³/mol. The van der Waals surface area contributed by atoms with Gasteiger partial charge in [0.1, 0.15) is 0 Å². The van der Waals surface area contributed by atoms with E-state index in [0.717, 1.165) is 31.3 Å². The number of para-hydroxylation sites is 1. The van der Waals surface area contributed by atoms with Crippen LogP contribution in [0.5, 0.6) is 5.75 Å². The third-order valence-corrected chi connectivity index (χ3v) is 6.09. The fourth-order valence-electron chi connectivity index (χ4n) is 4.46. The summed E-state index contributed by atoms with van der Waals surface area (Å²) in [7, 11) is 0. The van der Waals surface area contributed by atoms with E-state index in [0.29, 0.717) is 17.6 Å². The van der Waals surface area contributed by atoms with Crippen molar-refractivity contribution < 1.29 is 9.90 Å². The number of hydrogen-bond acceptors (Lipinski definition) is 6. The van der Waals surface area contributed by atoms with E-state index < -0.39 is 5.91 Å². The molecule has 0 aliphatic carbocycles. The van der Waals surface area contributed by atoms with Crippen LogP contribution in [0.4, 0.5) is 5.82 Å². The molecule has 166 valence electrons. The summed E-state index contributed by atoms with van der Waals surface area (Å²) in [5, 5.41) is 19.7. The maximum atomic E-state index is 12.5. The first-order valence-corrected chi connectivity index (χ1v) is 11.0. The minimum atomic E-state index is -0.507. The van der Waals surface area contributed by atoms with Gasteiger partial charge in [0.05, 0.1) is 17.7 Å². The Morgan fingerprint density at radius 3 is 2.70 bits per heavy atom. The highest BCUT2D eigenvalue weighted by molar-refractivity contribution is 5.95. The molecule has 1 N–H and O–H groups in total. The number of fused-ring (bicyclic) bond motifs is 1. The number of aromatic hydroxyl groups is 1. The first kappa shape index (κ1) is 21.0. The van der Waals surface area contributed by atoms with Gasteiger partial charge in [0, 0.05) is 42.8 Å². The Bertz CT molecular complexity index is 1290. The molecule has 0 radical (unpaired) electrons. The molecule has 33 heavy (non-hydrogen) atoms. The molecule has 8 nitrogen and oxygen atoms in total. The van der Waals surface area contributed by atoms with Crippen LogP contribution in [0, 0.1) is 0 Å². The topological polar surface area (TPSA) is 96.0 Å². The standard InChI is InChI=1S/C25H24N6O2/c32-23-20-7-1-2-9-22(20)31(24(23)28-29-25(33)19-6-5-12-27-16-19)17-30-15-4-3-8-21(30)18-10-13-26-14-11-18/h1-2,5-7,9-14,16,21,32H,3-4,8,15,17H2/t21-/m0/s1. The molecule has 1 amide bonds. The van der Waals surface area contributed by atoms with Gasteiger partial charge in [0.25, 0.3) is 5.91 Å². The number of likely N-dealkylation sites (tertiary alicyclic amines) is 1. The highest BCUT2D eigenvalue weighted by Crippen LogP contribution is 2.40. The summed E-state index contributed by atoms with van der Waals surface area (Å²) < 4.78 is 1.93. The Balaban J connectivity index is 1.52. The number of aromatic nitrogens is 3. The zero-order valence-electron chi connectivity index (χ0n) is 18.1. The number of azo groups is 1. The molecule has 0 saturated carbocycles. The second-order valence-corrected chi connectivity index (χ2v) is 8.11. The summed E-state index contributed by atoms with van der Waals surface area (Å²) in [4.78, 5) is 23.0. The number of piperidine rings is 1. The van der Waals surface area contributed by atoms with E-state index in [1.807, 2.05) is 41.2 Å². The Labute approximate surface area is 191 Å². The summed E-state index contributed by atoms with van der Waals surface area (Å²) in [6, 6.07) is 15.3. The fourth-order valence-corrected chi connectivity index (χ4v) is 4.46. The van der Waals surface area contributed by atoms with Crippen LogP contribution in [0.2, 0.25) is 0 Å². The number of rotatable bonds is 5. The molecule has 1 aromatic carbocycles. The van der Waals surface area contributed by atoms with Gasteiger partial charge in [0.2, 0.25) is 0 Å². The Kier molecular flexibility index (Phi) is 5.91. The monoisotopic (exact) mass is 440 g/mol. The van der Waals surface area contributed by atoms with E-state index >= 15 is 0 Å². The zero-order valence-corrected chi connectivity index (χ0v) is 18.1. The number of carbonyl (C=O) groups is 1. The van der Waals surface area contributed by atoms with Gasteiger partial charge in [-0.05, 0) is 54.8 Å². The third kappa shape index (κ3) is 4.25. The van der Waals surface area contributed by atoms with Crippen molar-refractivity contribution in [2.75, 3.05) is 6.54 Å². The predicted octanol–water partition coefficient (Wildman–Crippen LogP) is 5.25. The van der Waals surface area contributed by atoms with E-state index in [2.05, 4.69) is 37.2 Å². The van der Waals surface area contributed by atoms with Gasteiger partial charge >= 0.3 is 0 Å². The second kappa shape index (κ2) is 9.30. The SMILES string of the molecule is O=C(N=Nc1c(O)c2ccccc2n1CN1CCCC[C@H]1c1ccncc1)c1cccnc1. The Morgan fingerprint density at radius 1 is 1.03 bits per heavy atom. The molecule has 1 aliphatic heterocycles. The van der Waals surface area contributed by atoms with Crippen molar-refractivity contribution >= 4 is 22.6 Å². The van der Waals surface area contributed by atoms with Crippen LogP contribution in [0.3, 0.4) is 0 Å². The summed E-state index contributed by atoms with van der Waals surface area (Å²) in [5.74, 6) is -0.217. The minimum Gasteiger partial charge on any atom is -0.504 e. The molecule has 3 aromatic heterocycles. The van der Waals surface area contributed by atoms with Crippen molar-refractivity contribution in [2.45, 2.75) is 32.0 Å². The number of carbonyl (C=O) groups excluding carboxylic acids is 1. The highest BCUT2D eigenvalue weighted by Gasteiger charge is 2.26.